The Morgan fingerprint density at radius 1 is 1.00 bits per heavy atom. The number of para-hydroxylation sites is 2. The predicted octanol–water partition coefficient (Wildman–Crippen LogP) is 4.73. The molecular formula is C27H20N2O4. The van der Waals surface area contributed by atoms with Crippen molar-refractivity contribution in [1.82, 2.24) is 4.98 Å². The zero-order valence-corrected chi connectivity index (χ0v) is 17.6. The number of aliphatic hydroxyl groups excluding tert-OH is 1. The van der Waals surface area contributed by atoms with E-state index in [0.717, 1.165) is 34.2 Å². The minimum Gasteiger partial charge on any atom is -0.507 e. The maximum absolute atomic E-state index is 13.3. The van der Waals surface area contributed by atoms with Gasteiger partial charge in [0.25, 0.3) is 11.7 Å². The molecule has 162 valence electrons. The minimum atomic E-state index is -0.770. The smallest absolute Gasteiger partial charge is 0.300 e. The second-order valence-electron chi connectivity index (χ2n) is 8.22. The lowest BCUT2D eigenvalue weighted by atomic mass is 9.94. The standard InChI is InChI=1S/C27H20N2O4/c30-25(17-10-11-22-16(14-17)12-13-33-22)23-24(20-15-28-21-9-5-4-8-19(20)21)29(27(32)26(23)31)18-6-2-1-3-7-18/h1-11,14-15,24,28,30H,12-13H2/b25-23+. The monoisotopic (exact) mass is 436 g/mol. The SMILES string of the molecule is O=C1C(=O)N(c2ccccc2)C(c2c[nH]c3ccccc23)/C1=C(\O)c1ccc2c(c1)CCO2. The molecule has 0 aliphatic carbocycles. The molecule has 2 N–H and O–H groups in total. The van der Waals surface area contributed by atoms with E-state index in [1.807, 2.05) is 48.5 Å². The van der Waals surface area contributed by atoms with Gasteiger partial charge in [-0.2, -0.15) is 0 Å². The van der Waals surface area contributed by atoms with Crippen molar-refractivity contribution in [1.29, 1.82) is 0 Å². The highest BCUT2D eigenvalue weighted by Crippen LogP contribution is 2.44. The van der Waals surface area contributed by atoms with Crippen molar-refractivity contribution in [2.24, 2.45) is 0 Å². The topological polar surface area (TPSA) is 82.6 Å². The van der Waals surface area contributed by atoms with Gasteiger partial charge in [-0.15, -0.1) is 0 Å². The predicted molar refractivity (Wildman–Crippen MR) is 125 cm³/mol. The summed E-state index contributed by atoms with van der Waals surface area (Å²) < 4.78 is 5.57. The molecule has 6 nitrogen and oxygen atoms in total. The number of anilines is 1. The second kappa shape index (κ2) is 7.38. The number of benzene rings is 3. The quantitative estimate of drug-likeness (QED) is 0.276. The van der Waals surface area contributed by atoms with Crippen LogP contribution in [0.2, 0.25) is 0 Å². The molecule has 1 unspecified atom stereocenters. The third kappa shape index (κ3) is 2.95. The van der Waals surface area contributed by atoms with Crippen molar-refractivity contribution < 1.29 is 19.4 Å². The number of hydrogen-bond acceptors (Lipinski definition) is 4. The minimum absolute atomic E-state index is 0.0764. The first-order chi connectivity index (χ1) is 16.1. The van der Waals surface area contributed by atoms with Crippen LogP contribution in [-0.2, 0) is 16.0 Å². The van der Waals surface area contributed by atoms with Crippen LogP contribution in [0.25, 0.3) is 16.7 Å². The lowest BCUT2D eigenvalue weighted by Crippen LogP contribution is -2.29. The van der Waals surface area contributed by atoms with Crippen molar-refractivity contribution in [3.05, 3.63) is 101 Å². The molecule has 1 saturated heterocycles. The molecule has 6 heteroatoms. The van der Waals surface area contributed by atoms with E-state index in [4.69, 9.17) is 4.74 Å². The summed E-state index contributed by atoms with van der Waals surface area (Å²) in [4.78, 5) is 31.3. The number of ether oxygens (including phenoxy) is 1. The summed E-state index contributed by atoms with van der Waals surface area (Å²) in [5, 5.41) is 12.3. The van der Waals surface area contributed by atoms with E-state index < -0.39 is 17.7 Å². The Labute approximate surface area is 189 Å². The number of aliphatic hydroxyl groups is 1. The third-order valence-corrected chi connectivity index (χ3v) is 6.36. The number of aromatic amines is 1. The number of fused-ring (bicyclic) bond motifs is 2. The molecule has 0 bridgehead atoms. The van der Waals surface area contributed by atoms with Crippen LogP contribution in [0.5, 0.6) is 5.75 Å². The van der Waals surface area contributed by atoms with Gasteiger partial charge in [0.05, 0.1) is 18.2 Å². The first-order valence-corrected chi connectivity index (χ1v) is 10.8. The van der Waals surface area contributed by atoms with Crippen molar-refractivity contribution in [2.45, 2.75) is 12.5 Å². The molecule has 3 aromatic carbocycles. The first-order valence-electron chi connectivity index (χ1n) is 10.8. The van der Waals surface area contributed by atoms with Gasteiger partial charge in [-0.25, -0.2) is 0 Å². The molecule has 0 spiro atoms. The summed E-state index contributed by atoms with van der Waals surface area (Å²) in [5.41, 5.74) is 3.78. The van der Waals surface area contributed by atoms with E-state index in [9.17, 15) is 14.7 Å². The van der Waals surface area contributed by atoms with Crippen molar-refractivity contribution in [3.63, 3.8) is 0 Å². The van der Waals surface area contributed by atoms with Crippen LogP contribution in [-0.4, -0.2) is 28.4 Å². The van der Waals surface area contributed by atoms with Gasteiger partial charge in [0.1, 0.15) is 11.5 Å². The number of rotatable bonds is 3. The maximum Gasteiger partial charge on any atom is 0.300 e. The molecule has 1 amide bonds. The van der Waals surface area contributed by atoms with E-state index in [1.165, 1.54) is 4.90 Å². The Hall–Kier alpha value is -4.32. The van der Waals surface area contributed by atoms with Gasteiger partial charge in [0.15, 0.2) is 0 Å². The van der Waals surface area contributed by atoms with Gasteiger partial charge in [-0.1, -0.05) is 36.4 Å². The highest BCUT2D eigenvalue weighted by molar-refractivity contribution is 6.51. The number of carbonyl (C=O) groups excluding carboxylic acids is 2. The molecule has 2 aliphatic heterocycles. The van der Waals surface area contributed by atoms with Gasteiger partial charge < -0.3 is 14.8 Å². The Kier molecular flexibility index (Phi) is 4.33. The molecular weight excluding hydrogens is 416 g/mol. The Balaban J connectivity index is 1.59. The van der Waals surface area contributed by atoms with E-state index >= 15 is 0 Å². The lowest BCUT2D eigenvalue weighted by molar-refractivity contribution is -0.132. The number of carbonyl (C=O) groups is 2. The fourth-order valence-corrected chi connectivity index (χ4v) is 4.79. The van der Waals surface area contributed by atoms with E-state index in [2.05, 4.69) is 4.98 Å². The van der Waals surface area contributed by atoms with Gasteiger partial charge >= 0.3 is 0 Å². The Bertz CT molecular complexity index is 1450. The molecule has 2 aliphatic rings. The summed E-state index contributed by atoms with van der Waals surface area (Å²) in [6.07, 6.45) is 2.54. The van der Waals surface area contributed by atoms with Crippen molar-refractivity contribution >= 4 is 34.0 Å². The summed E-state index contributed by atoms with van der Waals surface area (Å²) in [6, 6.07) is 21.4. The fraction of sp³-hybridized carbons (Fsp3) is 0.111. The average molecular weight is 436 g/mol. The van der Waals surface area contributed by atoms with Crippen LogP contribution >= 0.6 is 0 Å². The zero-order valence-electron chi connectivity index (χ0n) is 17.6. The van der Waals surface area contributed by atoms with Crippen LogP contribution < -0.4 is 9.64 Å². The van der Waals surface area contributed by atoms with Gasteiger partial charge in [-0.05, 0) is 42.0 Å². The lowest BCUT2D eigenvalue weighted by Gasteiger charge is -2.25. The molecule has 1 aromatic heterocycles. The fourth-order valence-electron chi connectivity index (χ4n) is 4.79. The maximum atomic E-state index is 13.3. The normalized spacial score (nSPS) is 19.2. The van der Waals surface area contributed by atoms with Gasteiger partial charge in [-0.3, -0.25) is 14.5 Å². The largest absolute Gasteiger partial charge is 0.507 e. The third-order valence-electron chi connectivity index (χ3n) is 6.36. The molecule has 1 atom stereocenters. The number of nitrogens with one attached hydrogen (secondary N) is 1. The molecule has 3 heterocycles. The molecule has 0 saturated carbocycles. The highest BCUT2D eigenvalue weighted by Gasteiger charge is 2.47. The zero-order chi connectivity index (χ0) is 22.5. The van der Waals surface area contributed by atoms with Crippen LogP contribution in [0.3, 0.4) is 0 Å². The van der Waals surface area contributed by atoms with Crippen LogP contribution in [0.4, 0.5) is 5.69 Å². The number of nitrogens with zero attached hydrogens (tertiary/aromatic N) is 1. The van der Waals surface area contributed by atoms with E-state index in [-0.39, 0.29) is 11.3 Å². The summed E-state index contributed by atoms with van der Waals surface area (Å²) in [7, 11) is 0. The van der Waals surface area contributed by atoms with E-state index in [0.29, 0.717) is 17.9 Å². The number of H-pyrrole nitrogens is 1. The Morgan fingerprint density at radius 2 is 1.79 bits per heavy atom. The molecule has 1 fully saturated rings. The van der Waals surface area contributed by atoms with Crippen molar-refractivity contribution in [3.8, 4) is 5.75 Å². The summed E-state index contributed by atoms with van der Waals surface area (Å²) >= 11 is 0. The second-order valence-corrected chi connectivity index (χ2v) is 8.22. The Morgan fingerprint density at radius 3 is 2.64 bits per heavy atom. The van der Waals surface area contributed by atoms with Crippen LogP contribution in [0.1, 0.15) is 22.7 Å². The van der Waals surface area contributed by atoms with E-state index in [1.54, 1.807) is 30.5 Å². The molecule has 6 rings (SSSR count). The van der Waals surface area contributed by atoms with Crippen LogP contribution in [0.15, 0.2) is 84.6 Å². The first kappa shape index (κ1) is 19.4. The average Bonchev–Trinajstić information content (AvgIpc) is 3.55. The number of aromatic nitrogens is 1. The highest BCUT2D eigenvalue weighted by atomic mass is 16.5. The summed E-state index contributed by atoms with van der Waals surface area (Å²) in [5.74, 6) is -0.771. The number of Topliss-reactive ketones (excluding diaryl/α,β-unsaturated/α-hetero) is 1. The van der Waals surface area contributed by atoms with Crippen molar-refractivity contribution in [2.75, 3.05) is 11.5 Å². The number of ketones is 1. The van der Waals surface area contributed by atoms with Gasteiger partial charge in [0, 0.05) is 40.3 Å². The van der Waals surface area contributed by atoms with Gasteiger partial charge in [0.2, 0.25) is 0 Å². The summed E-state index contributed by atoms with van der Waals surface area (Å²) in [6.45, 7) is 0.591. The van der Waals surface area contributed by atoms with Crippen LogP contribution in [0, 0.1) is 0 Å². The molecule has 0 radical (unpaired) electrons. The number of hydrogen-bond donors (Lipinski definition) is 2. The molecule has 33 heavy (non-hydrogen) atoms. The molecule has 4 aromatic rings. The number of amides is 1.